The number of halogens is 3. The third kappa shape index (κ3) is 3.09. The van der Waals surface area contributed by atoms with E-state index in [1.165, 1.54) is 12.1 Å². The van der Waals surface area contributed by atoms with Crippen molar-refractivity contribution in [1.82, 2.24) is 4.90 Å². The molecule has 1 aromatic rings. The van der Waals surface area contributed by atoms with E-state index >= 15 is 0 Å². The summed E-state index contributed by atoms with van der Waals surface area (Å²) in [7, 11) is 0. The van der Waals surface area contributed by atoms with Crippen LogP contribution < -0.4 is 0 Å². The number of carboxylic acids is 1. The van der Waals surface area contributed by atoms with Crippen molar-refractivity contribution in [3.8, 4) is 0 Å². The van der Waals surface area contributed by atoms with E-state index in [2.05, 4.69) is 0 Å². The van der Waals surface area contributed by atoms with Crippen LogP contribution in [0.5, 0.6) is 0 Å². The Labute approximate surface area is 117 Å². The van der Waals surface area contributed by atoms with Gasteiger partial charge >= 0.3 is 18.2 Å². The molecule has 1 aromatic carbocycles. The Morgan fingerprint density at radius 2 is 1.67 bits per heavy atom. The van der Waals surface area contributed by atoms with Gasteiger partial charge in [-0.25, -0.2) is 4.79 Å². The summed E-state index contributed by atoms with van der Waals surface area (Å²) in [5, 5.41) is 18.0. The number of amides is 1. The maximum Gasteiger partial charge on any atom is 0.416 e. The zero-order valence-corrected chi connectivity index (χ0v) is 10.7. The molecule has 2 rings (SSSR count). The van der Waals surface area contributed by atoms with Crippen molar-refractivity contribution in [2.45, 2.75) is 12.1 Å². The van der Waals surface area contributed by atoms with Crippen LogP contribution in [0.15, 0.2) is 24.3 Å². The molecule has 0 unspecified atom stereocenters. The standard InChI is InChI=1S/C13H12F3NO4/c14-13(15,16)8-3-1-7(2-4-8)9-5-17(12(20)21)6-10(9)11(18)19/h1-4,9-10H,5-6H2,(H,18,19)(H,20,21)/t9-,10+/m1/s1. The third-order valence-electron chi connectivity index (χ3n) is 3.57. The van der Waals surface area contributed by atoms with Crippen LogP contribution >= 0.6 is 0 Å². The maximum atomic E-state index is 12.5. The first-order valence-corrected chi connectivity index (χ1v) is 6.08. The molecule has 0 aromatic heterocycles. The Kier molecular flexibility index (Phi) is 3.80. The Hall–Kier alpha value is -2.25. The van der Waals surface area contributed by atoms with Crippen LogP contribution in [0.3, 0.4) is 0 Å². The first kappa shape index (κ1) is 15.1. The lowest BCUT2D eigenvalue weighted by Gasteiger charge is -2.15. The topological polar surface area (TPSA) is 77.8 Å². The van der Waals surface area contributed by atoms with Crippen molar-refractivity contribution >= 4 is 12.1 Å². The molecular formula is C13H12F3NO4. The molecule has 0 saturated carbocycles. The summed E-state index contributed by atoms with van der Waals surface area (Å²) in [5.41, 5.74) is -0.439. The Bertz CT molecular complexity index is 556. The molecule has 1 aliphatic rings. The number of nitrogens with zero attached hydrogens (tertiary/aromatic N) is 1. The zero-order chi connectivity index (χ0) is 15.8. The summed E-state index contributed by atoms with van der Waals surface area (Å²) in [6, 6.07) is 4.15. The van der Waals surface area contributed by atoms with Crippen LogP contribution in [-0.4, -0.2) is 40.3 Å². The van der Waals surface area contributed by atoms with Crippen molar-refractivity contribution in [3.05, 3.63) is 35.4 Å². The number of hydrogen-bond donors (Lipinski definition) is 2. The van der Waals surface area contributed by atoms with Gasteiger partial charge in [-0.1, -0.05) is 12.1 Å². The predicted molar refractivity (Wildman–Crippen MR) is 64.9 cm³/mol. The minimum absolute atomic E-state index is 0.0440. The molecule has 5 nitrogen and oxygen atoms in total. The van der Waals surface area contributed by atoms with Gasteiger partial charge in [-0.3, -0.25) is 4.79 Å². The SMILES string of the molecule is O=C(O)[C@H]1CN(C(=O)O)C[C@@H]1c1ccc(C(F)(F)F)cc1. The van der Waals surface area contributed by atoms with Crippen LogP contribution in [0, 0.1) is 5.92 Å². The second-order valence-electron chi connectivity index (χ2n) is 4.86. The fraction of sp³-hybridized carbons (Fsp3) is 0.385. The molecule has 1 fully saturated rings. The molecule has 1 aliphatic heterocycles. The fourth-order valence-corrected chi connectivity index (χ4v) is 2.47. The van der Waals surface area contributed by atoms with E-state index in [4.69, 9.17) is 10.2 Å². The lowest BCUT2D eigenvalue weighted by molar-refractivity contribution is -0.141. The van der Waals surface area contributed by atoms with Gasteiger partial charge in [0.1, 0.15) is 0 Å². The highest BCUT2D eigenvalue weighted by Gasteiger charge is 2.41. The average Bonchev–Trinajstić information content (AvgIpc) is 2.83. The summed E-state index contributed by atoms with van der Waals surface area (Å²) < 4.78 is 37.5. The molecule has 1 heterocycles. The number of aliphatic carboxylic acids is 1. The summed E-state index contributed by atoms with van der Waals surface area (Å²) >= 11 is 0. The first-order chi connectivity index (χ1) is 9.70. The van der Waals surface area contributed by atoms with E-state index in [0.29, 0.717) is 5.56 Å². The summed E-state index contributed by atoms with van der Waals surface area (Å²) in [6.07, 6.45) is -5.70. The molecule has 8 heteroatoms. The summed E-state index contributed by atoms with van der Waals surface area (Å²) in [5.74, 6) is -2.78. The van der Waals surface area contributed by atoms with Crippen LogP contribution in [-0.2, 0) is 11.0 Å². The van der Waals surface area contributed by atoms with Crippen molar-refractivity contribution in [2.75, 3.05) is 13.1 Å². The molecular weight excluding hydrogens is 291 g/mol. The second kappa shape index (κ2) is 5.27. The van der Waals surface area contributed by atoms with Gasteiger partial charge in [-0.15, -0.1) is 0 Å². The van der Waals surface area contributed by atoms with Gasteiger partial charge in [0.05, 0.1) is 11.5 Å². The van der Waals surface area contributed by atoms with Crippen molar-refractivity contribution < 1.29 is 33.0 Å². The van der Waals surface area contributed by atoms with Gasteiger partial charge in [-0.05, 0) is 17.7 Å². The smallest absolute Gasteiger partial charge is 0.416 e. The predicted octanol–water partition coefficient (Wildman–Crippen LogP) is 2.48. The molecule has 0 bridgehead atoms. The molecule has 0 aliphatic carbocycles. The fourth-order valence-electron chi connectivity index (χ4n) is 2.47. The number of alkyl halides is 3. The normalized spacial score (nSPS) is 22.3. The van der Waals surface area contributed by atoms with E-state index in [1.54, 1.807) is 0 Å². The maximum absolute atomic E-state index is 12.5. The average molecular weight is 303 g/mol. The van der Waals surface area contributed by atoms with Crippen molar-refractivity contribution in [2.24, 2.45) is 5.92 Å². The van der Waals surface area contributed by atoms with Gasteiger partial charge < -0.3 is 15.1 Å². The molecule has 0 radical (unpaired) electrons. The molecule has 114 valence electrons. The van der Waals surface area contributed by atoms with Crippen LogP contribution in [0.1, 0.15) is 17.0 Å². The summed E-state index contributed by atoms with van der Waals surface area (Å²) in [6.45, 7) is -0.214. The van der Waals surface area contributed by atoms with Crippen molar-refractivity contribution in [3.63, 3.8) is 0 Å². The Morgan fingerprint density at radius 3 is 2.10 bits per heavy atom. The lowest BCUT2D eigenvalue weighted by atomic mass is 9.88. The molecule has 1 amide bonds. The Balaban J connectivity index is 2.27. The minimum Gasteiger partial charge on any atom is -0.481 e. The molecule has 0 spiro atoms. The second-order valence-corrected chi connectivity index (χ2v) is 4.86. The zero-order valence-electron chi connectivity index (χ0n) is 10.7. The van der Waals surface area contributed by atoms with E-state index in [-0.39, 0.29) is 13.1 Å². The number of likely N-dealkylation sites (tertiary alicyclic amines) is 1. The molecule has 2 N–H and O–H groups in total. The summed E-state index contributed by atoms with van der Waals surface area (Å²) in [4.78, 5) is 23.1. The monoisotopic (exact) mass is 303 g/mol. The number of carbonyl (C=O) groups is 2. The van der Waals surface area contributed by atoms with Gasteiger partial charge in [0.25, 0.3) is 0 Å². The third-order valence-corrected chi connectivity index (χ3v) is 3.57. The first-order valence-electron chi connectivity index (χ1n) is 6.08. The van der Waals surface area contributed by atoms with Gasteiger partial charge in [0, 0.05) is 19.0 Å². The highest BCUT2D eigenvalue weighted by atomic mass is 19.4. The highest BCUT2D eigenvalue weighted by Crippen LogP contribution is 2.35. The van der Waals surface area contributed by atoms with E-state index < -0.39 is 35.6 Å². The van der Waals surface area contributed by atoms with Crippen LogP contribution in [0.2, 0.25) is 0 Å². The quantitative estimate of drug-likeness (QED) is 0.880. The number of benzene rings is 1. The van der Waals surface area contributed by atoms with E-state index in [9.17, 15) is 22.8 Å². The number of carboxylic acid groups (broad SMARTS) is 2. The van der Waals surface area contributed by atoms with E-state index in [0.717, 1.165) is 17.0 Å². The molecule has 1 saturated heterocycles. The van der Waals surface area contributed by atoms with Gasteiger partial charge in [0.15, 0.2) is 0 Å². The largest absolute Gasteiger partial charge is 0.481 e. The Morgan fingerprint density at radius 1 is 1.10 bits per heavy atom. The molecule has 21 heavy (non-hydrogen) atoms. The van der Waals surface area contributed by atoms with Crippen molar-refractivity contribution in [1.29, 1.82) is 0 Å². The van der Waals surface area contributed by atoms with Gasteiger partial charge in [-0.2, -0.15) is 13.2 Å². The van der Waals surface area contributed by atoms with Gasteiger partial charge in [0.2, 0.25) is 0 Å². The van der Waals surface area contributed by atoms with Crippen LogP contribution in [0.4, 0.5) is 18.0 Å². The van der Waals surface area contributed by atoms with E-state index in [1.807, 2.05) is 0 Å². The lowest BCUT2D eigenvalue weighted by Crippen LogP contribution is -2.28. The number of rotatable bonds is 2. The minimum atomic E-state index is -4.46. The van der Waals surface area contributed by atoms with Crippen LogP contribution in [0.25, 0.3) is 0 Å². The molecule has 2 atom stereocenters. The number of hydrogen-bond acceptors (Lipinski definition) is 2. The highest BCUT2D eigenvalue weighted by molar-refractivity contribution is 5.75.